The lowest BCUT2D eigenvalue weighted by atomic mass is 9.99. The Labute approximate surface area is 139 Å². The van der Waals surface area contributed by atoms with E-state index in [1.165, 1.54) is 24.3 Å². The first-order valence-corrected chi connectivity index (χ1v) is 7.60. The SMILES string of the molecule is O=C(NC1(COc2ccc(F)cc2)COC1)OCc1ccccc1. The van der Waals surface area contributed by atoms with Crippen molar-refractivity contribution in [2.24, 2.45) is 0 Å². The van der Waals surface area contributed by atoms with Gasteiger partial charge in [-0.3, -0.25) is 0 Å². The lowest BCUT2D eigenvalue weighted by molar-refractivity contribution is -0.0901. The second-order valence-corrected chi connectivity index (χ2v) is 5.70. The topological polar surface area (TPSA) is 56.8 Å². The Kier molecular flexibility index (Phi) is 4.96. The summed E-state index contributed by atoms with van der Waals surface area (Å²) >= 11 is 0. The number of hydrogen-bond donors (Lipinski definition) is 1. The van der Waals surface area contributed by atoms with E-state index in [4.69, 9.17) is 14.2 Å². The largest absolute Gasteiger partial charge is 0.491 e. The Hall–Kier alpha value is -2.60. The summed E-state index contributed by atoms with van der Waals surface area (Å²) in [6.45, 7) is 1.10. The van der Waals surface area contributed by atoms with Crippen molar-refractivity contribution >= 4 is 6.09 Å². The molecule has 2 aromatic rings. The van der Waals surface area contributed by atoms with E-state index in [1.54, 1.807) is 0 Å². The molecular weight excluding hydrogens is 313 g/mol. The highest BCUT2D eigenvalue weighted by Crippen LogP contribution is 2.20. The fourth-order valence-corrected chi connectivity index (χ4v) is 2.27. The van der Waals surface area contributed by atoms with Crippen LogP contribution < -0.4 is 10.1 Å². The molecule has 0 radical (unpaired) electrons. The van der Waals surface area contributed by atoms with Crippen molar-refractivity contribution in [2.45, 2.75) is 12.1 Å². The predicted molar refractivity (Wildman–Crippen MR) is 85.2 cm³/mol. The smallest absolute Gasteiger partial charge is 0.408 e. The quantitative estimate of drug-likeness (QED) is 0.884. The first-order chi connectivity index (χ1) is 11.7. The van der Waals surface area contributed by atoms with E-state index in [0.717, 1.165) is 5.56 Å². The number of amides is 1. The van der Waals surface area contributed by atoms with E-state index in [-0.39, 0.29) is 19.0 Å². The minimum Gasteiger partial charge on any atom is -0.491 e. The molecule has 0 bridgehead atoms. The van der Waals surface area contributed by atoms with Gasteiger partial charge in [0.25, 0.3) is 0 Å². The zero-order chi connectivity index (χ0) is 16.8. The number of ether oxygens (including phenoxy) is 3. The van der Waals surface area contributed by atoms with Crippen LogP contribution in [0.1, 0.15) is 5.56 Å². The molecule has 1 aliphatic rings. The standard InChI is InChI=1S/C18H18FNO4/c19-15-6-8-16(9-7-15)24-13-18(11-22-12-18)20-17(21)23-10-14-4-2-1-3-5-14/h1-9H,10-13H2,(H,20,21). The Morgan fingerprint density at radius 3 is 2.46 bits per heavy atom. The lowest BCUT2D eigenvalue weighted by Gasteiger charge is -2.40. The fraction of sp³-hybridized carbons (Fsp3) is 0.278. The molecule has 0 unspecified atom stereocenters. The minimum atomic E-state index is -0.623. The molecular formula is C18H18FNO4. The lowest BCUT2D eigenvalue weighted by Crippen LogP contribution is -2.65. The highest BCUT2D eigenvalue weighted by molar-refractivity contribution is 5.68. The molecule has 0 spiro atoms. The van der Waals surface area contributed by atoms with Gasteiger partial charge >= 0.3 is 6.09 Å². The number of hydrogen-bond acceptors (Lipinski definition) is 4. The molecule has 5 nitrogen and oxygen atoms in total. The minimum absolute atomic E-state index is 0.197. The van der Waals surface area contributed by atoms with Crippen LogP contribution in [-0.4, -0.2) is 31.5 Å². The summed E-state index contributed by atoms with van der Waals surface area (Å²) < 4.78 is 28.9. The van der Waals surface area contributed by atoms with E-state index >= 15 is 0 Å². The molecule has 2 aromatic carbocycles. The predicted octanol–water partition coefficient (Wildman–Crippen LogP) is 2.90. The maximum atomic E-state index is 12.9. The molecule has 0 atom stereocenters. The zero-order valence-corrected chi connectivity index (χ0v) is 13.0. The third-order valence-corrected chi connectivity index (χ3v) is 3.67. The van der Waals surface area contributed by atoms with Gasteiger partial charge < -0.3 is 19.5 Å². The van der Waals surface area contributed by atoms with Gasteiger partial charge in [0, 0.05) is 0 Å². The van der Waals surface area contributed by atoms with Crippen LogP contribution in [0, 0.1) is 5.82 Å². The van der Waals surface area contributed by atoms with Gasteiger partial charge in [-0.2, -0.15) is 0 Å². The van der Waals surface area contributed by atoms with Crippen LogP contribution in [-0.2, 0) is 16.1 Å². The van der Waals surface area contributed by atoms with Crippen molar-refractivity contribution < 1.29 is 23.4 Å². The Bertz CT molecular complexity index is 671. The third-order valence-electron chi connectivity index (χ3n) is 3.67. The molecule has 1 heterocycles. The molecule has 6 heteroatoms. The molecule has 1 fully saturated rings. The number of carbonyl (C=O) groups is 1. The van der Waals surface area contributed by atoms with Crippen LogP contribution in [0.25, 0.3) is 0 Å². The molecule has 126 valence electrons. The number of nitrogens with one attached hydrogen (secondary N) is 1. The van der Waals surface area contributed by atoms with Crippen molar-refractivity contribution in [3.05, 3.63) is 66.0 Å². The number of carbonyl (C=O) groups excluding carboxylic acids is 1. The number of alkyl carbamates (subject to hydrolysis) is 1. The van der Waals surface area contributed by atoms with Crippen molar-refractivity contribution in [3.63, 3.8) is 0 Å². The Morgan fingerprint density at radius 1 is 1.12 bits per heavy atom. The van der Waals surface area contributed by atoms with Gasteiger partial charge in [-0.05, 0) is 29.8 Å². The van der Waals surface area contributed by atoms with Crippen molar-refractivity contribution in [1.82, 2.24) is 5.32 Å². The summed E-state index contributed by atoms with van der Waals surface area (Å²) in [5, 5.41) is 2.80. The first-order valence-electron chi connectivity index (χ1n) is 7.60. The zero-order valence-electron chi connectivity index (χ0n) is 13.0. The first kappa shape index (κ1) is 16.3. The summed E-state index contributed by atoms with van der Waals surface area (Å²) in [5.41, 5.74) is 0.288. The summed E-state index contributed by atoms with van der Waals surface area (Å²) in [4.78, 5) is 12.0. The van der Waals surface area contributed by atoms with Crippen molar-refractivity contribution in [3.8, 4) is 5.75 Å². The molecule has 1 N–H and O–H groups in total. The molecule has 3 rings (SSSR count). The molecule has 0 saturated carbocycles. The molecule has 24 heavy (non-hydrogen) atoms. The third kappa shape index (κ3) is 4.23. The molecule has 0 aliphatic carbocycles. The van der Waals surface area contributed by atoms with Gasteiger partial charge in [-0.15, -0.1) is 0 Å². The van der Waals surface area contributed by atoms with Gasteiger partial charge in [-0.25, -0.2) is 9.18 Å². The van der Waals surface area contributed by atoms with E-state index in [1.807, 2.05) is 30.3 Å². The van der Waals surface area contributed by atoms with Crippen molar-refractivity contribution in [2.75, 3.05) is 19.8 Å². The van der Waals surface area contributed by atoms with E-state index in [9.17, 15) is 9.18 Å². The summed E-state index contributed by atoms with van der Waals surface area (Å²) in [6.07, 6.45) is -0.523. The Morgan fingerprint density at radius 2 is 1.83 bits per heavy atom. The summed E-state index contributed by atoms with van der Waals surface area (Å²) in [5.74, 6) is 0.203. The molecule has 1 saturated heterocycles. The maximum Gasteiger partial charge on any atom is 0.408 e. The van der Waals surface area contributed by atoms with Gasteiger partial charge in [0.2, 0.25) is 0 Å². The van der Waals surface area contributed by atoms with Gasteiger partial charge in [0.1, 0.15) is 30.3 Å². The summed E-state index contributed by atoms with van der Waals surface area (Å²) in [6, 6.07) is 15.1. The Balaban J connectivity index is 1.49. The maximum absolute atomic E-state index is 12.9. The fourth-order valence-electron chi connectivity index (χ4n) is 2.27. The van der Waals surface area contributed by atoms with Crippen LogP contribution in [0.5, 0.6) is 5.75 Å². The highest BCUT2D eigenvalue weighted by Gasteiger charge is 2.41. The average Bonchev–Trinajstić information content (AvgIpc) is 2.58. The number of halogens is 1. The highest BCUT2D eigenvalue weighted by atomic mass is 19.1. The van der Waals surface area contributed by atoms with Crippen molar-refractivity contribution in [1.29, 1.82) is 0 Å². The van der Waals surface area contributed by atoms with E-state index in [2.05, 4.69) is 5.32 Å². The monoisotopic (exact) mass is 331 g/mol. The number of rotatable bonds is 6. The van der Waals surface area contributed by atoms with Crippen LogP contribution >= 0.6 is 0 Å². The van der Waals surface area contributed by atoms with Gasteiger partial charge in [-0.1, -0.05) is 30.3 Å². The van der Waals surface area contributed by atoms with Crippen LogP contribution in [0.3, 0.4) is 0 Å². The van der Waals surface area contributed by atoms with Gasteiger partial charge in [0.15, 0.2) is 0 Å². The summed E-state index contributed by atoms with van der Waals surface area (Å²) in [7, 11) is 0. The average molecular weight is 331 g/mol. The van der Waals surface area contributed by atoms with E-state index < -0.39 is 11.6 Å². The van der Waals surface area contributed by atoms with Crippen LogP contribution in [0.2, 0.25) is 0 Å². The second-order valence-electron chi connectivity index (χ2n) is 5.70. The van der Waals surface area contributed by atoms with E-state index in [0.29, 0.717) is 19.0 Å². The molecule has 1 aliphatic heterocycles. The normalized spacial score (nSPS) is 15.2. The second kappa shape index (κ2) is 7.31. The van der Waals surface area contributed by atoms with Crippen LogP contribution in [0.4, 0.5) is 9.18 Å². The number of benzene rings is 2. The van der Waals surface area contributed by atoms with Gasteiger partial charge in [0.05, 0.1) is 13.2 Å². The molecule has 0 aromatic heterocycles. The van der Waals surface area contributed by atoms with Crippen LogP contribution in [0.15, 0.2) is 54.6 Å². The molecule has 1 amide bonds.